The summed E-state index contributed by atoms with van der Waals surface area (Å²) in [5.41, 5.74) is 3.05. The molecule has 5 heteroatoms. The van der Waals surface area contributed by atoms with E-state index >= 15 is 0 Å². The number of halogens is 1. The van der Waals surface area contributed by atoms with Gasteiger partial charge in [-0.1, -0.05) is 36.4 Å². The fraction of sp³-hybridized carbons (Fsp3) is 0.176. The van der Waals surface area contributed by atoms with Crippen LogP contribution in [0.5, 0.6) is 0 Å². The van der Waals surface area contributed by atoms with Crippen LogP contribution in [-0.2, 0) is 6.42 Å². The molecule has 110 valence electrons. The molecule has 0 unspecified atom stereocenters. The molecule has 0 bridgehead atoms. The Morgan fingerprint density at radius 2 is 1.82 bits per heavy atom. The molecule has 0 saturated carbocycles. The van der Waals surface area contributed by atoms with Crippen LogP contribution in [0, 0.1) is 0 Å². The SMILES string of the molecule is O[C@@H]1Cc2ccccc2[C@@H]1Nc1nc(Cl)nc2ccccc12. The highest BCUT2D eigenvalue weighted by Gasteiger charge is 2.31. The molecule has 2 atom stereocenters. The van der Waals surface area contributed by atoms with Gasteiger partial charge in [0.1, 0.15) is 5.82 Å². The lowest BCUT2D eigenvalue weighted by Gasteiger charge is -2.19. The highest BCUT2D eigenvalue weighted by atomic mass is 35.5. The smallest absolute Gasteiger partial charge is 0.224 e. The number of fused-ring (bicyclic) bond motifs is 2. The van der Waals surface area contributed by atoms with Gasteiger partial charge in [0.15, 0.2) is 0 Å². The molecule has 4 nitrogen and oxygen atoms in total. The van der Waals surface area contributed by atoms with Crippen molar-refractivity contribution in [2.24, 2.45) is 0 Å². The van der Waals surface area contributed by atoms with Gasteiger partial charge in [-0.15, -0.1) is 0 Å². The van der Waals surface area contributed by atoms with Crippen LogP contribution in [-0.4, -0.2) is 21.2 Å². The summed E-state index contributed by atoms with van der Waals surface area (Å²) in [5.74, 6) is 0.649. The topological polar surface area (TPSA) is 58.0 Å². The molecular weight excluding hydrogens is 298 g/mol. The van der Waals surface area contributed by atoms with Gasteiger partial charge in [-0.05, 0) is 34.9 Å². The maximum Gasteiger partial charge on any atom is 0.224 e. The molecule has 1 heterocycles. The number of hydrogen-bond donors (Lipinski definition) is 2. The highest BCUT2D eigenvalue weighted by Crippen LogP contribution is 2.35. The van der Waals surface area contributed by atoms with Crippen molar-refractivity contribution in [3.8, 4) is 0 Å². The minimum Gasteiger partial charge on any atom is -0.390 e. The van der Waals surface area contributed by atoms with Crippen LogP contribution in [0.1, 0.15) is 17.2 Å². The maximum absolute atomic E-state index is 10.4. The molecule has 4 rings (SSSR count). The number of nitrogens with one attached hydrogen (secondary N) is 1. The quantitative estimate of drug-likeness (QED) is 0.713. The molecule has 0 fully saturated rings. The first kappa shape index (κ1) is 13.5. The van der Waals surface area contributed by atoms with Crippen LogP contribution in [0.15, 0.2) is 48.5 Å². The first-order chi connectivity index (χ1) is 10.7. The Kier molecular flexibility index (Phi) is 3.21. The second-order valence-electron chi connectivity index (χ2n) is 5.45. The van der Waals surface area contributed by atoms with Gasteiger partial charge < -0.3 is 10.4 Å². The minimum atomic E-state index is -0.482. The summed E-state index contributed by atoms with van der Waals surface area (Å²) in [7, 11) is 0. The predicted octanol–water partition coefficient (Wildman–Crippen LogP) is 3.35. The van der Waals surface area contributed by atoms with Crippen molar-refractivity contribution in [1.82, 2.24) is 9.97 Å². The van der Waals surface area contributed by atoms with E-state index in [1.54, 1.807) is 0 Å². The largest absolute Gasteiger partial charge is 0.390 e. The lowest BCUT2D eigenvalue weighted by molar-refractivity contribution is 0.165. The lowest BCUT2D eigenvalue weighted by atomic mass is 10.1. The summed E-state index contributed by atoms with van der Waals surface area (Å²) >= 11 is 6.02. The van der Waals surface area contributed by atoms with E-state index in [1.807, 2.05) is 48.5 Å². The maximum atomic E-state index is 10.4. The molecule has 2 aromatic carbocycles. The molecule has 0 aliphatic heterocycles. The molecule has 0 saturated heterocycles. The van der Waals surface area contributed by atoms with Crippen LogP contribution in [0.2, 0.25) is 5.28 Å². The minimum absolute atomic E-state index is 0.189. The van der Waals surface area contributed by atoms with Crippen molar-refractivity contribution in [1.29, 1.82) is 0 Å². The Morgan fingerprint density at radius 1 is 1.05 bits per heavy atom. The van der Waals surface area contributed by atoms with Crippen molar-refractivity contribution in [3.63, 3.8) is 0 Å². The molecule has 0 radical (unpaired) electrons. The van der Waals surface area contributed by atoms with Crippen LogP contribution in [0.3, 0.4) is 0 Å². The predicted molar refractivity (Wildman–Crippen MR) is 87.1 cm³/mol. The van der Waals surface area contributed by atoms with E-state index in [2.05, 4.69) is 15.3 Å². The fourth-order valence-electron chi connectivity index (χ4n) is 3.05. The average molecular weight is 312 g/mol. The van der Waals surface area contributed by atoms with Crippen molar-refractivity contribution < 1.29 is 5.11 Å². The molecule has 1 aromatic heterocycles. The van der Waals surface area contributed by atoms with Crippen molar-refractivity contribution in [3.05, 3.63) is 64.9 Å². The zero-order valence-corrected chi connectivity index (χ0v) is 12.5. The number of aromatic nitrogens is 2. The van der Waals surface area contributed by atoms with Crippen LogP contribution >= 0.6 is 11.6 Å². The van der Waals surface area contributed by atoms with E-state index in [-0.39, 0.29) is 11.3 Å². The molecule has 1 aliphatic rings. The van der Waals surface area contributed by atoms with Gasteiger partial charge in [0.2, 0.25) is 5.28 Å². The average Bonchev–Trinajstić information content (AvgIpc) is 2.83. The van der Waals surface area contributed by atoms with E-state index in [1.165, 1.54) is 0 Å². The third kappa shape index (κ3) is 2.21. The third-order valence-electron chi connectivity index (χ3n) is 4.07. The van der Waals surface area contributed by atoms with E-state index in [0.717, 1.165) is 22.0 Å². The Labute approximate surface area is 132 Å². The molecule has 22 heavy (non-hydrogen) atoms. The first-order valence-electron chi connectivity index (χ1n) is 7.17. The Bertz CT molecular complexity index is 852. The standard InChI is InChI=1S/C17H14ClN3O/c18-17-19-13-8-4-3-7-12(13)16(21-17)20-15-11-6-2-1-5-10(11)9-14(15)22/h1-8,14-15,22H,9H2,(H,19,20,21)/t14-,15+/m1/s1. The van der Waals surface area contributed by atoms with Crippen molar-refractivity contribution >= 4 is 28.3 Å². The summed E-state index contributed by atoms with van der Waals surface area (Å²) in [6.07, 6.45) is 0.162. The van der Waals surface area contributed by atoms with E-state index in [4.69, 9.17) is 11.6 Å². The molecule has 1 aliphatic carbocycles. The fourth-order valence-corrected chi connectivity index (χ4v) is 3.23. The summed E-state index contributed by atoms with van der Waals surface area (Å²) in [6, 6.07) is 15.6. The van der Waals surface area contributed by atoms with Gasteiger partial charge >= 0.3 is 0 Å². The van der Waals surface area contributed by atoms with Gasteiger partial charge in [0.25, 0.3) is 0 Å². The number of benzene rings is 2. The zero-order chi connectivity index (χ0) is 15.1. The number of anilines is 1. The Hall–Kier alpha value is -2.17. The first-order valence-corrected chi connectivity index (χ1v) is 7.55. The van der Waals surface area contributed by atoms with Crippen LogP contribution in [0.4, 0.5) is 5.82 Å². The van der Waals surface area contributed by atoms with Gasteiger partial charge in [0.05, 0.1) is 17.7 Å². The Morgan fingerprint density at radius 3 is 2.73 bits per heavy atom. The van der Waals surface area contributed by atoms with Crippen molar-refractivity contribution in [2.45, 2.75) is 18.6 Å². The lowest BCUT2D eigenvalue weighted by Crippen LogP contribution is -2.22. The zero-order valence-electron chi connectivity index (χ0n) is 11.7. The van der Waals surface area contributed by atoms with Gasteiger partial charge in [-0.3, -0.25) is 0 Å². The monoisotopic (exact) mass is 311 g/mol. The molecular formula is C17H14ClN3O. The van der Waals surface area contributed by atoms with Crippen LogP contribution < -0.4 is 5.32 Å². The van der Waals surface area contributed by atoms with E-state index in [9.17, 15) is 5.11 Å². The summed E-state index contributed by atoms with van der Waals surface area (Å²) < 4.78 is 0. The number of aliphatic hydroxyl groups excluding tert-OH is 1. The van der Waals surface area contributed by atoms with E-state index in [0.29, 0.717) is 12.2 Å². The third-order valence-corrected chi connectivity index (χ3v) is 4.24. The number of aliphatic hydroxyl groups is 1. The number of hydrogen-bond acceptors (Lipinski definition) is 4. The van der Waals surface area contributed by atoms with Gasteiger partial charge in [-0.25, -0.2) is 9.97 Å². The van der Waals surface area contributed by atoms with E-state index < -0.39 is 6.10 Å². The molecule has 0 amide bonds. The number of rotatable bonds is 2. The molecule has 0 spiro atoms. The number of nitrogens with zero attached hydrogens (tertiary/aromatic N) is 2. The second kappa shape index (κ2) is 5.23. The second-order valence-corrected chi connectivity index (χ2v) is 5.79. The molecule has 2 N–H and O–H groups in total. The van der Waals surface area contributed by atoms with Gasteiger partial charge in [-0.2, -0.15) is 0 Å². The summed E-state index contributed by atoms with van der Waals surface area (Å²) in [4.78, 5) is 8.53. The highest BCUT2D eigenvalue weighted by molar-refractivity contribution is 6.28. The normalized spacial score (nSPS) is 20.1. The number of para-hydroxylation sites is 1. The summed E-state index contributed by atoms with van der Waals surface area (Å²) in [5, 5.41) is 14.8. The van der Waals surface area contributed by atoms with Crippen LogP contribution in [0.25, 0.3) is 10.9 Å². The Balaban J connectivity index is 1.78. The summed E-state index contributed by atoms with van der Waals surface area (Å²) in [6.45, 7) is 0. The van der Waals surface area contributed by atoms with Crippen molar-refractivity contribution in [2.75, 3.05) is 5.32 Å². The van der Waals surface area contributed by atoms with Gasteiger partial charge in [0, 0.05) is 11.8 Å². The molecule has 3 aromatic rings.